The van der Waals surface area contributed by atoms with Crippen LogP contribution in [-0.4, -0.2) is 28.6 Å². The molecule has 0 aliphatic carbocycles. The molecule has 0 spiro atoms. The highest BCUT2D eigenvalue weighted by Crippen LogP contribution is 2.37. The van der Waals surface area contributed by atoms with Crippen LogP contribution in [0.3, 0.4) is 0 Å². The van der Waals surface area contributed by atoms with Gasteiger partial charge in [0.15, 0.2) is 11.5 Å². The van der Waals surface area contributed by atoms with Crippen LogP contribution >= 0.6 is 11.6 Å². The molecule has 2 N–H and O–H groups in total. The maximum Gasteiger partial charge on any atom is 0.379 e. The van der Waals surface area contributed by atoms with Crippen molar-refractivity contribution in [1.82, 2.24) is 0 Å². The van der Waals surface area contributed by atoms with Crippen molar-refractivity contribution in [3.8, 4) is 11.5 Å². The summed E-state index contributed by atoms with van der Waals surface area (Å²) in [6, 6.07) is 1.15. The molecule has 0 bridgehead atoms. The summed E-state index contributed by atoms with van der Waals surface area (Å²) in [4.78, 5) is 23.0. The molecule has 6 heteroatoms. The Bertz CT molecular complexity index is 481. The lowest BCUT2D eigenvalue weighted by Gasteiger charge is -2.09. The number of hydrogen-bond donors (Lipinski definition) is 2. The second-order valence-corrected chi connectivity index (χ2v) is 3.68. The maximum absolute atomic E-state index is 11.7. The van der Waals surface area contributed by atoms with Crippen LogP contribution in [0.1, 0.15) is 22.8 Å². The Hall–Kier alpha value is -1.75. The fourth-order valence-electron chi connectivity index (χ4n) is 1.33. The summed E-state index contributed by atoms with van der Waals surface area (Å²) >= 11 is 5.70. The number of ether oxygens (including phenoxy) is 1. The predicted octanol–water partition coefficient (Wildman–Crippen LogP) is 1.81. The van der Waals surface area contributed by atoms with Crippen LogP contribution in [0.2, 0.25) is 5.02 Å². The van der Waals surface area contributed by atoms with E-state index in [9.17, 15) is 19.8 Å². The number of esters is 1. The van der Waals surface area contributed by atoms with Crippen molar-refractivity contribution in [1.29, 1.82) is 0 Å². The molecule has 0 heterocycles. The summed E-state index contributed by atoms with van der Waals surface area (Å²) in [5, 5.41) is 18.3. The van der Waals surface area contributed by atoms with Gasteiger partial charge in [-0.3, -0.25) is 4.79 Å². The molecule has 1 rings (SSSR count). The van der Waals surface area contributed by atoms with E-state index in [-0.39, 0.29) is 22.8 Å². The molecule has 17 heavy (non-hydrogen) atoms. The molecule has 0 saturated carbocycles. The number of rotatable bonds is 3. The number of hydrogen-bond acceptors (Lipinski definition) is 5. The lowest BCUT2D eigenvalue weighted by molar-refractivity contribution is -0.137. The Kier molecular flexibility index (Phi) is 3.96. The Morgan fingerprint density at radius 1 is 1.41 bits per heavy atom. The molecule has 92 valence electrons. The number of benzene rings is 1. The summed E-state index contributed by atoms with van der Waals surface area (Å²) < 4.78 is 4.55. The Labute approximate surface area is 103 Å². The minimum atomic E-state index is -1.05. The van der Waals surface area contributed by atoms with Gasteiger partial charge in [0.1, 0.15) is 0 Å². The third-order valence-electron chi connectivity index (χ3n) is 2.11. The van der Waals surface area contributed by atoms with Gasteiger partial charge in [-0.1, -0.05) is 11.6 Å². The van der Waals surface area contributed by atoms with E-state index in [0.717, 1.165) is 6.07 Å². The van der Waals surface area contributed by atoms with Crippen LogP contribution in [0, 0.1) is 6.92 Å². The third kappa shape index (κ3) is 2.50. The van der Waals surface area contributed by atoms with Crippen molar-refractivity contribution >= 4 is 23.4 Å². The first-order chi connectivity index (χ1) is 7.90. The molecule has 0 radical (unpaired) electrons. The number of ketones is 1. The third-order valence-corrected chi connectivity index (χ3v) is 2.47. The summed E-state index contributed by atoms with van der Waals surface area (Å²) in [6.45, 7) is 3.11. The van der Waals surface area contributed by atoms with Gasteiger partial charge in [0.25, 0.3) is 5.78 Å². The highest BCUT2D eigenvalue weighted by atomic mass is 35.5. The van der Waals surface area contributed by atoms with E-state index in [1.807, 2.05) is 0 Å². The molecule has 0 fully saturated rings. The summed E-state index contributed by atoms with van der Waals surface area (Å²) in [5.41, 5.74) is 0.115. The van der Waals surface area contributed by atoms with Crippen LogP contribution in [0.5, 0.6) is 11.5 Å². The van der Waals surface area contributed by atoms with Gasteiger partial charge >= 0.3 is 5.97 Å². The molecule has 1 aromatic rings. The second-order valence-electron chi connectivity index (χ2n) is 3.30. The van der Waals surface area contributed by atoms with Crippen molar-refractivity contribution in [2.45, 2.75) is 13.8 Å². The highest BCUT2D eigenvalue weighted by molar-refractivity contribution is 6.46. The topological polar surface area (TPSA) is 83.8 Å². The minimum absolute atomic E-state index is 0.0608. The Morgan fingerprint density at radius 2 is 2.00 bits per heavy atom. The first-order valence-electron chi connectivity index (χ1n) is 4.82. The second kappa shape index (κ2) is 5.05. The molecule has 1 aromatic carbocycles. The predicted molar refractivity (Wildman–Crippen MR) is 60.5 cm³/mol. The van der Waals surface area contributed by atoms with Crippen LogP contribution in [-0.2, 0) is 9.53 Å². The van der Waals surface area contributed by atoms with Crippen molar-refractivity contribution in [2.24, 2.45) is 0 Å². The molecule has 0 atom stereocenters. The minimum Gasteiger partial charge on any atom is -0.504 e. The highest BCUT2D eigenvalue weighted by Gasteiger charge is 2.25. The van der Waals surface area contributed by atoms with Crippen molar-refractivity contribution in [3.63, 3.8) is 0 Å². The fourth-order valence-corrected chi connectivity index (χ4v) is 1.66. The van der Waals surface area contributed by atoms with Gasteiger partial charge in [0.05, 0.1) is 17.2 Å². The van der Waals surface area contributed by atoms with Crippen molar-refractivity contribution in [2.75, 3.05) is 6.61 Å². The monoisotopic (exact) mass is 258 g/mol. The van der Waals surface area contributed by atoms with Gasteiger partial charge in [-0.15, -0.1) is 0 Å². The quantitative estimate of drug-likeness (QED) is 0.374. The zero-order chi connectivity index (χ0) is 13.2. The zero-order valence-corrected chi connectivity index (χ0v) is 10.0. The van der Waals surface area contributed by atoms with Gasteiger partial charge in [-0.25, -0.2) is 4.79 Å². The van der Waals surface area contributed by atoms with E-state index >= 15 is 0 Å². The number of halogens is 1. The van der Waals surface area contributed by atoms with E-state index in [2.05, 4.69) is 4.74 Å². The van der Waals surface area contributed by atoms with Crippen molar-refractivity contribution in [3.05, 3.63) is 22.2 Å². The number of phenols is 2. The molecule has 0 aliphatic rings. The SMILES string of the molecule is CCOC(=O)C(=O)c1c(C)cc(O)c(O)c1Cl. The van der Waals surface area contributed by atoms with E-state index in [1.165, 1.54) is 6.92 Å². The maximum atomic E-state index is 11.7. The smallest absolute Gasteiger partial charge is 0.379 e. The average molecular weight is 259 g/mol. The number of aromatic hydroxyl groups is 2. The van der Waals surface area contributed by atoms with Gasteiger partial charge in [-0.2, -0.15) is 0 Å². The summed E-state index contributed by atoms with van der Waals surface area (Å²) in [5.74, 6) is -3.09. The molecule has 0 aliphatic heterocycles. The van der Waals surface area contributed by atoms with Crippen molar-refractivity contribution < 1.29 is 24.5 Å². The lowest BCUT2D eigenvalue weighted by atomic mass is 10.0. The van der Waals surface area contributed by atoms with Crippen LogP contribution < -0.4 is 0 Å². The molecule has 0 aromatic heterocycles. The van der Waals surface area contributed by atoms with Gasteiger partial charge in [0.2, 0.25) is 0 Å². The molecule has 0 unspecified atom stereocenters. The van der Waals surface area contributed by atoms with E-state index in [1.54, 1.807) is 6.92 Å². The molecular weight excluding hydrogens is 248 g/mol. The average Bonchev–Trinajstić information content (AvgIpc) is 2.26. The van der Waals surface area contributed by atoms with Gasteiger partial charge in [0, 0.05) is 0 Å². The first kappa shape index (κ1) is 13.3. The largest absolute Gasteiger partial charge is 0.504 e. The van der Waals surface area contributed by atoms with E-state index < -0.39 is 23.3 Å². The zero-order valence-electron chi connectivity index (χ0n) is 9.28. The Balaban J connectivity index is 3.28. The van der Waals surface area contributed by atoms with E-state index in [0.29, 0.717) is 0 Å². The number of carbonyl (C=O) groups excluding carboxylic acids is 2. The van der Waals surface area contributed by atoms with Gasteiger partial charge < -0.3 is 14.9 Å². The molecule has 5 nitrogen and oxygen atoms in total. The van der Waals surface area contributed by atoms with E-state index in [4.69, 9.17) is 11.6 Å². The first-order valence-corrected chi connectivity index (χ1v) is 5.20. The molecule has 0 amide bonds. The standard InChI is InChI=1S/C11H11ClO5/c1-3-17-11(16)10(15)7-5(2)4-6(13)9(14)8(7)12/h4,13-14H,3H2,1-2H3. The number of Topliss-reactive ketones (excluding diaryl/α,β-unsaturated/α-hetero) is 1. The number of aryl methyl sites for hydroxylation is 1. The number of phenolic OH excluding ortho intramolecular Hbond substituents is 2. The Morgan fingerprint density at radius 3 is 2.53 bits per heavy atom. The fraction of sp³-hybridized carbons (Fsp3) is 0.273. The molecule has 0 saturated heterocycles. The summed E-state index contributed by atoms with van der Waals surface area (Å²) in [7, 11) is 0. The van der Waals surface area contributed by atoms with Crippen LogP contribution in [0.25, 0.3) is 0 Å². The normalized spacial score (nSPS) is 10.1. The van der Waals surface area contributed by atoms with Crippen LogP contribution in [0.15, 0.2) is 6.07 Å². The summed E-state index contributed by atoms with van der Waals surface area (Å²) in [6.07, 6.45) is 0. The number of carbonyl (C=O) groups is 2. The lowest BCUT2D eigenvalue weighted by Crippen LogP contribution is -2.19. The van der Waals surface area contributed by atoms with Gasteiger partial charge in [-0.05, 0) is 25.5 Å². The molecular formula is C11H11ClO5. The van der Waals surface area contributed by atoms with Crippen LogP contribution in [0.4, 0.5) is 0 Å².